The summed E-state index contributed by atoms with van der Waals surface area (Å²) in [7, 11) is 0. The van der Waals surface area contributed by atoms with Crippen LogP contribution in [0.25, 0.3) is 0 Å². The monoisotopic (exact) mass is 295 g/mol. The summed E-state index contributed by atoms with van der Waals surface area (Å²) >= 11 is 1.90. The predicted molar refractivity (Wildman–Crippen MR) is 79.0 cm³/mol. The molecular formula is C13H21N5OS. The summed E-state index contributed by atoms with van der Waals surface area (Å²) in [5.74, 6) is -0.0877. The SMILES string of the molecule is CSC1CCCC(NC(=O)c2cn(C3CNC3)nn2)C1. The van der Waals surface area contributed by atoms with Crippen LogP contribution in [0.15, 0.2) is 6.20 Å². The van der Waals surface area contributed by atoms with Crippen LogP contribution in [0.3, 0.4) is 0 Å². The zero-order valence-electron chi connectivity index (χ0n) is 11.7. The van der Waals surface area contributed by atoms with Gasteiger partial charge in [0.25, 0.3) is 5.91 Å². The molecular weight excluding hydrogens is 274 g/mol. The van der Waals surface area contributed by atoms with Gasteiger partial charge in [-0.15, -0.1) is 5.10 Å². The zero-order chi connectivity index (χ0) is 13.9. The van der Waals surface area contributed by atoms with Crippen molar-refractivity contribution >= 4 is 17.7 Å². The highest BCUT2D eigenvalue weighted by Crippen LogP contribution is 2.27. The van der Waals surface area contributed by atoms with E-state index < -0.39 is 0 Å². The van der Waals surface area contributed by atoms with E-state index >= 15 is 0 Å². The van der Waals surface area contributed by atoms with E-state index in [0.717, 1.165) is 25.9 Å². The first-order valence-corrected chi connectivity index (χ1v) is 8.51. The maximum absolute atomic E-state index is 12.2. The Kier molecular flexibility index (Phi) is 4.26. The lowest BCUT2D eigenvalue weighted by Gasteiger charge is -2.28. The molecule has 0 spiro atoms. The number of nitrogens with zero attached hydrogens (tertiary/aromatic N) is 3. The normalized spacial score (nSPS) is 27.1. The molecule has 0 bridgehead atoms. The molecule has 1 aliphatic carbocycles. The molecule has 2 aliphatic rings. The first kappa shape index (κ1) is 13.9. The fraction of sp³-hybridized carbons (Fsp3) is 0.769. The molecule has 20 heavy (non-hydrogen) atoms. The number of carbonyl (C=O) groups is 1. The predicted octanol–water partition coefficient (Wildman–Crippen LogP) is 0.826. The van der Waals surface area contributed by atoms with Gasteiger partial charge in [0.05, 0.1) is 12.2 Å². The van der Waals surface area contributed by atoms with E-state index in [1.165, 1.54) is 12.8 Å². The number of rotatable bonds is 4. The van der Waals surface area contributed by atoms with Gasteiger partial charge in [-0.2, -0.15) is 11.8 Å². The summed E-state index contributed by atoms with van der Waals surface area (Å²) in [5.41, 5.74) is 0.433. The molecule has 7 heteroatoms. The number of hydrogen-bond donors (Lipinski definition) is 2. The molecule has 1 saturated heterocycles. The summed E-state index contributed by atoms with van der Waals surface area (Å²) in [4.78, 5) is 12.2. The van der Waals surface area contributed by atoms with Crippen molar-refractivity contribution in [3.8, 4) is 0 Å². The Morgan fingerprint density at radius 3 is 3.05 bits per heavy atom. The third kappa shape index (κ3) is 2.98. The smallest absolute Gasteiger partial charge is 0.273 e. The molecule has 1 aliphatic heterocycles. The summed E-state index contributed by atoms with van der Waals surface area (Å²) in [6.07, 6.45) is 8.50. The maximum atomic E-state index is 12.2. The van der Waals surface area contributed by atoms with E-state index in [1.54, 1.807) is 10.9 Å². The van der Waals surface area contributed by atoms with Gasteiger partial charge in [-0.1, -0.05) is 11.6 Å². The fourth-order valence-corrected chi connectivity index (χ4v) is 3.60. The van der Waals surface area contributed by atoms with Crippen LogP contribution in [-0.4, -0.2) is 51.5 Å². The van der Waals surface area contributed by atoms with Gasteiger partial charge in [0.1, 0.15) is 0 Å². The number of thioether (sulfide) groups is 1. The average Bonchev–Trinajstić information content (AvgIpc) is 2.86. The van der Waals surface area contributed by atoms with Crippen molar-refractivity contribution in [3.63, 3.8) is 0 Å². The van der Waals surface area contributed by atoms with E-state index in [9.17, 15) is 4.79 Å². The number of hydrogen-bond acceptors (Lipinski definition) is 5. The van der Waals surface area contributed by atoms with Gasteiger partial charge >= 0.3 is 0 Å². The third-order valence-electron chi connectivity index (χ3n) is 4.17. The van der Waals surface area contributed by atoms with Gasteiger partial charge in [-0.3, -0.25) is 4.79 Å². The molecule has 110 valence electrons. The van der Waals surface area contributed by atoms with E-state index in [2.05, 4.69) is 27.2 Å². The lowest BCUT2D eigenvalue weighted by molar-refractivity contribution is 0.0923. The van der Waals surface area contributed by atoms with E-state index in [0.29, 0.717) is 17.0 Å². The van der Waals surface area contributed by atoms with Crippen LogP contribution in [0.5, 0.6) is 0 Å². The first-order valence-electron chi connectivity index (χ1n) is 7.22. The second-order valence-corrected chi connectivity index (χ2v) is 6.73. The summed E-state index contributed by atoms with van der Waals surface area (Å²) in [6, 6.07) is 0.629. The quantitative estimate of drug-likeness (QED) is 0.861. The highest BCUT2D eigenvalue weighted by molar-refractivity contribution is 7.99. The van der Waals surface area contributed by atoms with Gasteiger partial charge in [-0.25, -0.2) is 4.68 Å². The van der Waals surface area contributed by atoms with Gasteiger partial charge in [0.15, 0.2) is 5.69 Å². The summed E-state index contributed by atoms with van der Waals surface area (Å²) in [5, 5.41) is 15.0. The number of nitrogens with one attached hydrogen (secondary N) is 2. The van der Waals surface area contributed by atoms with Crippen LogP contribution in [0.2, 0.25) is 0 Å². The Bertz CT molecular complexity index is 473. The van der Waals surface area contributed by atoms with Gasteiger partial charge in [0, 0.05) is 24.4 Å². The molecule has 1 aromatic heterocycles. The standard InChI is InChI=1S/C13H21N5OS/c1-20-11-4-2-3-9(5-11)15-13(19)12-8-18(17-16-12)10-6-14-7-10/h8-11,14H,2-7H2,1H3,(H,15,19). The lowest BCUT2D eigenvalue weighted by Crippen LogP contribution is -2.43. The van der Waals surface area contributed by atoms with Crippen LogP contribution in [-0.2, 0) is 0 Å². The highest BCUT2D eigenvalue weighted by atomic mass is 32.2. The minimum absolute atomic E-state index is 0.0877. The minimum atomic E-state index is -0.0877. The summed E-state index contributed by atoms with van der Waals surface area (Å²) < 4.78 is 1.79. The molecule has 1 aromatic rings. The van der Waals surface area contributed by atoms with Crippen molar-refractivity contribution in [3.05, 3.63) is 11.9 Å². The number of aromatic nitrogens is 3. The van der Waals surface area contributed by atoms with Crippen molar-refractivity contribution in [2.75, 3.05) is 19.3 Å². The van der Waals surface area contributed by atoms with E-state index in [1.807, 2.05) is 11.8 Å². The Morgan fingerprint density at radius 1 is 1.50 bits per heavy atom. The van der Waals surface area contributed by atoms with E-state index in [4.69, 9.17) is 0 Å². The van der Waals surface area contributed by atoms with Crippen molar-refractivity contribution in [2.45, 2.75) is 43.0 Å². The lowest BCUT2D eigenvalue weighted by atomic mass is 9.95. The zero-order valence-corrected chi connectivity index (χ0v) is 12.5. The van der Waals surface area contributed by atoms with Crippen molar-refractivity contribution < 1.29 is 4.79 Å². The van der Waals surface area contributed by atoms with Gasteiger partial charge < -0.3 is 10.6 Å². The molecule has 2 N–H and O–H groups in total. The maximum Gasteiger partial charge on any atom is 0.273 e. The van der Waals surface area contributed by atoms with Crippen LogP contribution >= 0.6 is 11.8 Å². The second-order valence-electron chi connectivity index (χ2n) is 5.59. The molecule has 2 heterocycles. The number of amides is 1. The fourth-order valence-electron chi connectivity index (χ4n) is 2.77. The van der Waals surface area contributed by atoms with Gasteiger partial charge in [-0.05, 0) is 25.5 Å². The molecule has 2 atom stereocenters. The Morgan fingerprint density at radius 2 is 2.35 bits per heavy atom. The van der Waals surface area contributed by atoms with Gasteiger partial charge in [0.2, 0.25) is 0 Å². The van der Waals surface area contributed by atoms with Crippen molar-refractivity contribution in [2.24, 2.45) is 0 Å². The van der Waals surface area contributed by atoms with Crippen LogP contribution < -0.4 is 10.6 Å². The Labute approximate surface area is 123 Å². The van der Waals surface area contributed by atoms with Crippen LogP contribution in [0, 0.1) is 0 Å². The highest BCUT2D eigenvalue weighted by Gasteiger charge is 2.25. The van der Waals surface area contributed by atoms with Crippen LogP contribution in [0.4, 0.5) is 0 Å². The Hall–Kier alpha value is -1.08. The molecule has 0 aromatic carbocycles. The Balaban J connectivity index is 1.56. The molecule has 2 unspecified atom stereocenters. The number of carbonyl (C=O) groups excluding carboxylic acids is 1. The van der Waals surface area contributed by atoms with Crippen molar-refractivity contribution in [1.29, 1.82) is 0 Å². The average molecular weight is 295 g/mol. The molecule has 1 amide bonds. The molecule has 3 rings (SSSR count). The van der Waals surface area contributed by atoms with Crippen LogP contribution in [0.1, 0.15) is 42.2 Å². The largest absolute Gasteiger partial charge is 0.348 e. The first-order chi connectivity index (χ1) is 9.76. The molecule has 1 saturated carbocycles. The second kappa shape index (κ2) is 6.13. The molecule has 6 nitrogen and oxygen atoms in total. The third-order valence-corrected chi connectivity index (χ3v) is 5.27. The minimum Gasteiger partial charge on any atom is -0.348 e. The molecule has 0 radical (unpaired) electrons. The van der Waals surface area contributed by atoms with E-state index in [-0.39, 0.29) is 11.9 Å². The van der Waals surface area contributed by atoms with Crippen molar-refractivity contribution in [1.82, 2.24) is 25.6 Å². The molecule has 2 fully saturated rings. The topological polar surface area (TPSA) is 71.8 Å². The summed E-state index contributed by atoms with van der Waals surface area (Å²) in [6.45, 7) is 1.81.